The van der Waals surface area contributed by atoms with Crippen molar-refractivity contribution in [3.8, 4) is 0 Å². The monoisotopic (exact) mass is 200 g/mol. The van der Waals surface area contributed by atoms with E-state index in [1.54, 1.807) is 11.3 Å². The van der Waals surface area contributed by atoms with Crippen LogP contribution < -0.4 is 0 Å². The molecule has 1 aromatic heterocycles. The molecule has 0 bridgehead atoms. The minimum absolute atomic E-state index is 0.584. The van der Waals surface area contributed by atoms with E-state index < -0.39 is 6.17 Å². The van der Waals surface area contributed by atoms with Gasteiger partial charge in [0.1, 0.15) is 11.2 Å². The molecule has 1 fully saturated rings. The lowest BCUT2D eigenvalue weighted by Gasteiger charge is -2.33. The predicted molar refractivity (Wildman–Crippen MR) is 51.7 cm³/mol. The van der Waals surface area contributed by atoms with E-state index in [0.29, 0.717) is 13.1 Å². The first kappa shape index (κ1) is 9.09. The van der Waals surface area contributed by atoms with Gasteiger partial charge in [-0.25, -0.2) is 9.37 Å². The quantitative estimate of drug-likeness (QED) is 0.740. The minimum atomic E-state index is -0.606. The summed E-state index contributed by atoms with van der Waals surface area (Å²) >= 11 is 1.74. The molecule has 1 aliphatic rings. The second kappa shape index (κ2) is 3.72. The first-order valence-electron chi connectivity index (χ1n) is 4.58. The molecule has 72 valence electrons. The van der Waals surface area contributed by atoms with Crippen molar-refractivity contribution in [2.45, 2.75) is 26.1 Å². The molecule has 0 spiro atoms. The van der Waals surface area contributed by atoms with Gasteiger partial charge >= 0.3 is 0 Å². The summed E-state index contributed by atoms with van der Waals surface area (Å²) in [4.78, 5) is 7.69. The average Bonchev–Trinajstić information content (AvgIpc) is 2.50. The molecule has 2 nitrogen and oxygen atoms in total. The summed E-state index contributed by atoms with van der Waals surface area (Å²) in [5, 5.41) is 1.11. The third-order valence-corrected chi connectivity index (χ3v) is 3.35. The summed E-state index contributed by atoms with van der Waals surface area (Å²) < 4.78 is 12.5. The van der Waals surface area contributed by atoms with Gasteiger partial charge in [0.15, 0.2) is 0 Å². The maximum atomic E-state index is 12.5. The molecule has 1 saturated heterocycles. The van der Waals surface area contributed by atoms with Crippen molar-refractivity contribution in [2.75, 3.05) is 13.1 Å². The highest BCUT2D eigenvalue weighted by Gasteiger charge is 2.26. The van der Waals surface area contributed by atoms with Crippen molar-refractivity contribution in [3.63, 3.8) is 0 Å². The Morgan fingerprint density at radius 3 is 3.00 bits per heavy atom. The third-order valence-electron chi connectivity index (χ3n) is 2.22. The molecule has 13 heavy (non-hydrogen) atoms. The van der Waals surface area contributed by atoms with Gasteiger partial charge in [-0.3, -0.25) is 4.90 Å². The maximum absolute atomic E-state index is 12.5. The minimum Gasteiger partial charge on any atom is -0.291 e. The number of halogens is 1. The van der Waals surface area contributed by atoms with Crippen molar-refractivity contribution in [1.29, 1.82) is 0 Å². The van der Waals surface area contributed by atoms with E-state index >= 15 is 0 Å². The zero-order chi connectivity index (χ0) is 9.26. The van der Waals surface area contributed by atoms with Gasteiger partial charge in [0.05, 0.1) is 6.54 Å². The van der Waals surface area contributed by atoms with Crippen LogP contribution in [-0.2, 0) is 13.0 Å². The number of hydrogen-bond acceptors (Lipinski definition) is 3. The van der Waals surface area contributed by atoms with Gasteiger partial charge in [0.25, 0.3) is 0 Å². The highest BCUT2D eigenvalue weighted by atomic mass is 32.1. The summed E-state index contributed by atoms with van der Waals surface area (Å²) in [6.07, 6.45) is 2.36. The van der Waals surface area contributed by atoms with Gasteiger partial charge in [0, 0.05) is 24.2 Å². The summed E-state index contributed by atoms with van der Waals surface area (Å²) in [7, 11) is 0. The summed E-state index contributed by atoms with van der Waals surface area (Å²) in [5.41, 5.74) is 0. The van der Waals surface area contributed by atoms with Crippen LogP contribution in [0.25, 0.3) is 0 Å². The van der Waals surface area contributed by atoms with E-state index in [4.69, 9.17) is 0 Å². The normalized spacial score (nSPS) is 18.9. The lowest BCUT2D eigenvalue weighted by molar-refractivity contribution is 0.0590. The van der Waals surface area contributed by atoms with Crippen molar-refractivity contribution in [2.24, 2.45) is 0 Å². The Kier molecular flexibility index (Phi) is 2.60. The molecule has 0 atom stereocenters. The second-order valence-electron chi connectivity index (χ2n) is 3.37. The molecule has 0 N–H and O–H groups in total. The van der Waals surface area contributed by atoms with E-state index in [1.165, 1.54) is 4.88 Å². The first-order valence-corrected chi connectivity index (χ1v) is 5.39. The van der Waals surface area contributed by atoms with Crippen LogP contribution >= 0.6 is 11.3 Å². The zero-order valence-corrected chi connectivity index (χ0v) is 8.48. The number of thiazole rings is 1. The molecular weight excluding hydrogens is 187 g/mol. The molecule has 0 saturated carbocycles. The number of aromatic nitrogens is 1. The van der Waals surface area contributed by atoms with E-state index in [2.05, 4.69) is 16.8 Å². The highest BCUT2D eigenvalue weighted by molar-refractivity contribution is 7.11. The standard InChI is InChI=1S/C9H13FN2S/c1-2-8-3-11-9(13-8)6-12-4-7(10)5-12/h3,7H,2,4-6H2,1H3. The van der Waals surface area contributed by atoms with Gasteiger partial charge in [-0.1, -0.05) is 6.92 Å². The Hall–Kier alpha value is -0.480. The third kappa shape index (κ3) is 2.06. The fraction of sp³-hybridized carbons (Fsp3) is 0.667. The van der Waals surface area contributed by atoms with Crippen LogP contribution in [0.5, 0.6) is 0 Å². The average molecular weight is 200 g/mol. The van der Waals surface area contributed by atoms with E-state index in [-0.39, 0.29) is 0 Å². The molecule has 0 aliphatic carbocycles. The largest absolute Gasteiger partial charge is 0.291 e. The smallest absolute Gasteiger partial charge is 0.125 e. The highest BCUT2D eigenvalue weighted by Crippen LogP contribution is 2.19. The molecule has 4 heteroatoms. The SMILES string of the molecule is CCc1cnc(CN2CC(F)C2)s1. The van der Waals surface area contributed by atoms with Crippen LogP contribution in [0, 0.1) is 0 Å². The molecule has 0 radical (unpaired) electrons. The number of likely N-dealkylation sites (tertiary alicyclic amines) is 1. The lowest BCUT2D eigenvalue weighted by atomic mass is 10.2. The van der Waals surface area contributed by atoms with Gasteiger partial charge in [0.2, 0.25) is 0 Å². The molecule has 0 aromatic carbocycles. The Bertz CT molecular complexity index is 281. The molecule has 1 aromatic rings. The Morgan fingerprint density at radius 1 is 1.69 bits per heavy atom. The van der Waals surface area contributed by atoms with Gasteiger partial charge in [-0.15, -0.1) is 11.3 Å². The lowest BCUT2D eigenvalue weighted by Crippen LogP contribution is -2.47. The fourth-order valence-corrected chi connectivity index (χ4v) is 2.32. The van der Waals surface area contributed by atoms with E-state index in [1.807, 2.05) is 6.20 Å². The topological polar surface area (TPSA) is 16.1 Å². The van der Waals surface area contributed by atoms with Crippen LogP contribution in [0.15, 0.2) is 6.20 Å². The van der Waals surface area contributed by atoms with Crippen molar-refractivity contribution >= 4 is 11.3 Å². The zero-order valence-electron chi connectivity index (χ0n) is 7.66. The number of alkyl halides is 1. The summed E-state index contributed by atoms with van der Waals surface area (Å²) in [6.45, 7) is 4.12. The molecule has 0 amide bonds. The Balaban J connectivity index is 1.87. The first-order chi connectivity index (χ1) is 6.28. The van der Waals surface area contributed by atoms with E-state index in [9.17, 15) is 4.39 Å². The van der Waals surface area contributed by atoms with Gasteiger partial charge in [-0.05, 0) is 6.42 Å². The van der Waals surface area contributed by atoms with Crippen LogP contribution in [0.1, 0.15) is 16.8 Å². The van der Waals surface area contributed by atoms with Crippen molar-refractivity contribution in [3.05, 3.63) is 16.1 Å². The van der Waals surface area contributed by atoms with Crippen LogP contribution in [0.2, 0.25) is 0 Å². The molecular formula is C9H13FN2S. The Labute approximate surface area is 81.4 Å². The fourth-order valence-electron chi connectivity index (χ4n) is 1.41. The van der Waals surface area contributed by atoms with Gasteiger partial charge in [-0.2, -0.15) is 0 Å². The number of hydrogen-bond donors (Lipinski definition) is 0. The predicted octanol–water partition coefficient (Wildman–Crippen LogP) is 1.86. The summed E-state index contributed by atoms with van der Waals surface area (Å²) in [5.74, 6) is 0. The molecule has 2 heterocycles. The Morgan fingerprint density at radius 2 is 2.46 bits per heavy atom. The van der Waals surface area contributed by atoms with Crippen LogP contribution in [0.4, 0.5) is 4.39 Å². The van der Waals surface area contributed by atoms with Gasteiger partial charge < -0.3 is 0 Å². The molecule has 1 aliphatic heterocycles. The molecule has 0 unspecified atom stereocenters. The molecule has 2 rings (SSSR count). The maximum Gasteiger partial charge on any atom is 0.125 e. The van der Waals surface area contributed by atoms with Crippen LogP contribution in [-0.4, -0.2) is 29.1 Å². The van der Waals surface area contributed by atoms with Crippen molar-refractivity contribution < 1.29 is 4.39 Å². The second-order valence-corrected chi connectivity index (χ2v) is 4.56. The number of rotatable bonds is 3. The summed E-state index contributed by atoms with van der Waals surface area (Å²) in [6, 6.07) is 0. The number of aryl methyl sites for hydroxylation is 1. The van der Waals surface area contributed by atoms with Crippen molar-refractivity contribution in [1.82, 2.24) is 9.88 Å². The number of nitrogens with zero attached hydrogens (tertiary/aromatic N) is 2. The van der Waals surface area contributed by atoms with E-state index in [0.717, 1.165) is 18.0 Å². The van der Waals surface area contributed by atoms with Crippen LogP contribution in [0.3, 0.4) is 0 Å².